The Labute approximate surface area is 115 Å². The highest BCUT2D eigenvalue weighted by Gasteiger charge is 2.32. The standard InChI is InChI=1S/C17H11NO2/c19-17-14-7-2-1-6-12(14)16(20-17)13-9-10-18-15-8-4-3-5-11(13)15/h1-10,16H. The first-order valence-corrected chi connectivity index (χ1v) is 6.48. The lowest BCUT2D eigenvalue weighted by molar-refractivity contribution is 0.0458. The molecule has 2 heterocycles. The first-order chi connectivity index (χ1) is 9.84. The van der Waals surface area contributed by atoms with Gasteiger partial charge >= 0.3 is 5.97 Å². The summed E-state index contributed by atoms with van der Waals surface area (Å²) in [5.74, 6) is -0.258. The quantitative estimate of drug-likeness (QED) is 0.629. The summed E-state index contributed by atoms with van der Waals surface area (Å²) in [7, 11) is 0. The summed E-state index contributed by atoms with van der Waals surface area (Å²) in [6.45, 7) is 0. The van der Waals surface area contributed by atoms with Gasteiger partial charge in [-0.25, -0.2) is 4.79 Å². The predicted molar refractivity (Wildman–Crippen MR) is 75.4 cm³/mol. The van der Waals surface area contributed by atoms with Crippen molar-refractivity contribution in [2.24, 2.45) is 0 Å². The van der Waals surface area contributed by atoms with Gasteiger partial charge in [-0.1, -0.05) is 36.4 Å². The number of aromatic nitrogens is 1. The molecule has 3 heteroatoms. The van der Waals surface area contributed by atoms with Crippen LogP contribution >= 0.6 is 0 Å². The van der Waals surface area contributed by atoms with Crippen LogP contribution in [0.2, 0.25) is 0 Å². The Morgan fingerprint density at radius 1 is 0.900 bits per heavy atom. The Morgan fingerprint density at radius 2 is 1.70 bits per heavy atom. The van der Waals surface area contributed by atoms with Crippen LogP contribution in [-0.2, 0) is 4.74 Å². The van der Waals surface area contributed by atoms with Crippen LogP contribution in [0.3, 0.4) is 0 Å². The monoisotopic (exact) mass is 261 g/mol. The first-order valence-electron chi connectivity index (χ1n) is 6.48. The second kappa shape index (κ2) is 4.17. The van der Waals surface area contributed by atoms with Crippen LogP contribution in [-0.4, -0.2) is 11.0 Å². The van der Waals surface area contributed by atoms with E-state index in [0.29, 0.717) is 5.56 Å². The molecule has 0 spiro atoms. The van der Waals surface area contributed by atoms with Gasteiger partial charge in [0.25, 0.3) is 0 Å². The van der Waals surface area contributed by atoms with Crippen molar-refractivity contribution in [3.63, 3.8) is 0 Å². The number of ether oxygens (including phenoxy) is 1. The van der Waals surface area contributed by atoms with Crippen molar-refractivity contribution in [3.05, 3.63) is 77.5 Å². The molecule has 3 nitrogen and oxygen atoms in total. The molecule has 4 rings (SSSR count). The van der Waals surface area contributed by atoms with Crippen LogP contribution in [0.1, 0.15) is 27.6 Å². The third-order valence-corrected chi connectivity index (χ3v) is 3.65. The summed E-state index contributed by atoms with van der Waals surface area (Å²) in [5, 5.41) is 1.02. The lowest BCUT2D eigenvalue weighted by Crippen LogP contribution is -2.02. The summed E-state index contributed by atoms with van der Waals surface area (Å²) >= 11 is 0. The van der Waals surface area contributed by atoms with E-state index >= 15 is 0 Å². The Balaban J connectivity index is 1.96. The maximum atomic E-state index is 11.9. The number of nitrogens with zero attached hydrogens (tertiary/aromatic N) is 1. The van der Waals surface area contributed by atoms with Gasteiger partial charge in [0.05, 0.1) is 11.1 Å². The van der Waals surface area contributed by atoms with Gasteiger partial charge in [-0.15, -0.1) is 0 Å². The molecule has 0 fully saturated rings. The summed E-state index contributed by atoms with van der Waals surface area (Å²) < 4.78 is 5.56. The average Bonchev–Trinajstić information content (AvgIpc) is 2.84. The van der Waals surface area contributed by atoms with Crippen LogP contribution in [0.25, 0.3) is 10.9 Å². The van der Waals surface area contributed by atoms with Gasteiger partial charge in [0.2, 0.25) is 0 Å². The van der Waals surface area contributed by atoms with Crippen molar-refractivity contribution in [3.8, 4) is 0 Å². The molecule has 2 aromatic carbocycles. The minimum Gasteiger partial charge on any atom is -0.449 e. The summed E-state index contributed by atoms with van der Waals surface area (Å²) in [4.78, 5) is 16.3. The fourth-order valence-corrected chi connectivity index (χ4v) is 2.72. The topological polar surface area (TPSA) is 39.2 Å². The van der Waals surface area contributed by atoms with Crippen LogP contribution in [0.4, 0.5) is 0 Å². The minimum absolute atomic E-state index is 0.258. The fourth-order valence-electron chi connectivity index (χ4n) is 2.72. The molecule has 1 atom stereocenters. The molecule has 1 aliphatic rings. The molecule has 0 radical (unpaired) electrons. The van der Waals surface area contributed by atoms with E-state index in [1.54, 1.807) is 12.3 Å². The number of carbonyl (C=O) groups is 1. The summed E-state index contributed by atoms with van der Waals surface area (Å²) in [6.07, 6.45) is 1.42. The number of pyridine rings is 1. The Kier molecular flexibility index (Phi) is 2.33. The van der Waals surface area contributed by atoms with Crippen molar-refractivity contribution < 1.29 is 9.53 Å². The van der Waals surface area contributed by atoms with Crippen molar-refractivity contribution in [1.82, 2.24) is 4.98 Å². The zero-order valence-electron chi connectivity index (χ0n) is 10.6. The fraction of sp³-hybridized carbons (Fsp3) is 0.0588. The molecule has 1 aliphatic heterocycles. The van der Waals surface area contributed by atoms with Gasteiger partial charge < -0.3 is 4.74 Å². The summed E-state index contributed by atoms with van der Waals surface area (Å²) in [5.41, 5.74) is 3.46. The Morgan fingerprint density at radius 3 is 2.65 bits per heavy atom. The third-order valence-electron chi connectivity index (χ3n) is 3.65. The van der Waals surface area contributed by atoms with Gasteiger partial charge in [-0.05, 0) is 18.2 Å². The number of cyclic esters (lactones) is 1. The molecule has 96 valence electrons. The molecule has 3 aromatic rings. The molecule has 0 amide bonds. The van der Waals surface area contributed by atoms with E-state index in [-0.39, 0.29) is 12.1 Å². The number of fused-ring (bicyclic) bond motifs is 2. The normalized spacial score (nSPS) is 17.0. The molecule has 0 N–H and O–H groups in total. The van der Waals surface area contributed by atoms with Crippen molar-refractivity contribution in [2.75, 3.05) is 0 Å². The number of para-hydroxylation sites is 1. The van der Waals surface area contributed by atoms with E-state index in [1.165, 1.54) is 0 Å². The number of rotatable bonds is 1. The highest BCUT2D eigenvalue weighted by atomic mass is 16.5. The third kappa shape index (κ3) is 1.53. The Hall–Kier alpha value is -2.68. The van der Waals surface area contributed by atoms with Gasteiger partial charge in [0, 0.05) is 22.7 Å². The van der Waals surface area contributed by atoms with E-state index in [9.17, 15) is 4.79 Å². The van der Waals surface area contributed by atoms with E-state index in [4.69, 9.17) is 4.74 Å². The van der Waals surface area contributed by atoms with Crippen LogP contribution in [0.5, 0.6) is 0 Å². The van der Waals surface area contributed by atoms with Gasteiger partial charge in [-0.2, -0.15) is 0 Å². The smallest absolute Gasteiger partial charge is 0.339 e. The van der Waals surface area contributed by atoms with E-state index in [0.717, 1.165) is 22.0 Å². The lowest BCUT2D eigenvalue weighted by atomic mass is 9.97. The molecule has 0 saturated carbocycles. The molecule has 20 heavy (non-hydrogen) atoms. The minimum atomic E-state index is -0.341. The van der Waals surface area contributed by atoms with Gasteiger partial charge in [0.15, 0.2) is 6.10 Å². The molecule has 0 saturated heterocycles. The van der Waals surface area contributed by atoms with E-state index in [1.807, 2.05) is 48.5 Å². The number of hydrogen-bond donors (Lipinski definition) is 0. The van der Waals surface area contributed by atoms with Gasteiger partial charge in [0.1, 0.15) is 0 Å². The number of benzene rings is 2. The maximum absolute atomic E-state index is 11.9. The molecular formula is C17H11NO2. The molecular weight excluding hydrogens is 250 g/mol. The molecule has 1 unspecified atom stereocenters. The van der Waals surface area contributed by atoms with E-state index < -0.39 is 0 Å². The van der Waals surface area contributed by atoms with Crippen LogP contribution in [0.15, 0.2) is 60.8 Å². The van der Waals surface area contributed by atoms with Crippen molar-refractivity contribution in [1.29, 1.82) is 0 Å². The van der Waals surface area contributed by atoms with Gasteiger partial charge in [-0.3, -0.25) is 4.98 Å². The van der Waals surface area contributed by atoms with Crippen molar-refractivity contribution >= 4 is 16.9 Å². The van der Waals surface area contributed by atoms with Crippen LogP contribution < -0.4 is 0 Å². The zero-order chi connectivity index (χ0) is 13.5. The number of hydrogen-bond acceptors (Lipinski definition) is 3. The number of carbonyl (C=O) groups excluding carboxylic acids is 1. The molecule has 0 bridgehead atoms. The van der Waals surface area contributed by atoms with E-state index in [2.05, 4.69) is 4.98 Å². The van der Waals surface area contributed by atoms with Crippen LogP contribution in [0, 0.1) is 0 Å². The average molecular weight is 261 g/mol. The molecule has 0 aliphatic carbocycles. The largest absolute Gasteiger partial charge is 0.449 e. The maximum Gasteiger partial charge on any atom is 0.339 e. The summed E-state index contributed by atoms with van der Waals surface area (Å²) in [6, 6.07) is 17.3. The van der Waals surface area contributed by atoms with Crippen molar-refractivity contribution in [2.45, 2.75) is 6.10 Å². The predicted octanol–water partition coefficient (Wildman–Crippen LogP) is 3.49. The number of esters is 1. The SMILES string of the molecule is O=C1OC(c2ccnc3ccccc23)c2ccccc21. The lowest BCUT2D eigenvalue weighted by Gasteiger charge is -2.13. The molecule has 1 aromatic heterocycles. The second-order valence-electron chi connectivity index (χ2n) is 4.79. The first kappa shape index (κ1) is 11.2. The second-order valence-corrected chi connectivity index (χ2v) is 4.79. The highest BCUT2D eigenvalue weighted by Crippen LogP contribution is 2.37. The zero-order valence-corrected chi connectivity index (χ0v) is 10.6. The highest BCUT2D eigenvalue weighted by molar-refractivity contribution is 5.95. The Bertz CT molecular complexity index is 821.